The van der Waals surface area contributed by atoms with Gasteiger partial charge in [0.05, 0.1) is 42.9 Å². The van der Waals surface area contributed by atoms with Gasteiger partial charge < -0.3 is 104 Å². The van der Waals surface area contributed by atoms with Crippen molar-refractivity contribution in [2.45, 2.75) is 249 Å². The molecular weight excluding hydrogens is 1080 g/mol. The number of carboxylic acids is 1. The summed E-state index contributed by atoms with van der Waals surface area (Å²) in [5.74, 6) is -3.66. The van der Waals surface area contributed by atoms with Crippen LogP contribution < -0.4 is 0 Å². The first-order valence-corrected chi connectivity index (χ1v) is 29.0. The van der Waals surface area contributed by atoms with E-state index >= 15 is 4.79 Å². The fourth-order valence-corrected chi connectivity index (χ4v) is 16.8. The number of hydrogen-bond acceptors (Lipinski definition) is 24. The van der Waals surface area contributed by atoms with Gasteiger partial charge in [-0.05, 0) is 117 Å². The number of hydrogen-bond donors (Lipinski definition) is 11. The van der Waals surface area contributed by atoms with Gasteiger partial charge in [-0.15, -0.1) is 0 Å². The van der Waals surface area contributed by atoms with Gasteiger partial charge in [0.1, 0.15) is 67.1 Å². The van der Waals surface area contributed by atoms with Crippen LogP contribution in [0.15, 0.2) is 11.6 Å². The summed E-state index contributed by atoms with van der Waals surface area (Å²) in [6.45, 7) is 14.8. The third-order valence-corrected chi connectivity index (χ3v) is 21.9. The normalized spacial score (nSPS) is 50.9. The summed E-state index contributed by atoms with van der Waals surface area (Å²) < 4.78 is 59.9. The summed E-state index contributed by atoms with van der Waals surface area (Å²) in [6.07, 6.45) is -25.4. The van der Waals surface area contributed by atoms with Crippen LogP contribution in [0.3, 0.4) is 0 Å². The quantitative estimate of drug-likeness (QED) is 0.0494. The van der Waals surface area contributed by atoms with Crippen LogP contribution in [0.4, 0.5) is 0 Å². The average Bonchev–Trinajstić information content (AvgIpc) is 1.85. The Morgan fingerprint density at radius 3 is 1.83 bits per heavy atom. The zero-order valence-electron chi connectivity index (χ0n) is 48.2. The van der Waals surface area contributed by atoms with E-state index in [2.05, 4.69) is 40.7 Å². The number of carboxylic acid groups (broad SMARTS) is 1. The third kappa shape index (κ3) is 10.6. The lowest BCUT2D eigenvalue weighted by Gasteiger charge is -2.71. The second-order valence-electron chi connectivity index (χ2n) is 26.7. The number of carbonyl (C=O) groups is 4. The van der Waals surface area contributed by atoms with Crippen LogP contribution in [-0.4, -0.2) is 223 Å². The van der Waals surface area contributed by atoms with Crippen molar-refractivity contribution >= 4 is 23.9 Å². The Bertz CT molecular complexity index is 2390. The van der Waals surface area contributed by atoms with Crippen LogP contribution in [0.1, 0.15) is 127 Å². The molecule has 25 nitrogen and oxygen atoms in total. The number of rotatable bonds is 13. The topological polar surface area (TPSA) is 383 Å². The Balaban J connectivity index is 1.02. The lowest BCUT2D eigenvalue weighted by molar-refractivity contribution is -0.387. The van der Waals surface area contributed by atoms with Crippen molar-refractivity contribution in [2.75, 3.05) is 19.8 Å². The van der Waals surface area contributed by atoms with Gasteiger partial charge >= 0.3 is 23.9 Å². The van der Waals surface area contributed by atoms with Gasteiger partial charge in [-0.2, -0.15) is 0 Å². The second kappa shape index (κ2) is 23.2. The maximum Gasteiger partial charge on any atom is 0.315 e. The number of aliphatic carboxylic acids is 1. The Morgan fingerprint density at radius 1 is 0.598 bits per heavy atom. The van der Waals surface area contributed by atoms with Crippen molar-refractivity contribution < 1.29 is 123 Å². The number of ether oxygens (including phenoxy) is 10. The Morgan fingerprint density at radius 2 is 1.20 bits per heavy atom. The van der Waals surface area contributed by atoms with Gasteiger partial charge in [0.15, 0.2) is 37.2 Å². The molecule has 5 aliphatic carbocycles. The molecule has 0 spiro atoms. The van der Waals surface area contributed by atoms with E-state index in [1.54, 1.807) is 6.92 Å². The molecule has 466 valence electrons. The van der Waals surface area contributed by atoms with Crippen molar-refractivity contribution in [1.82, 2.24) is 0 Å². The molecule has 4 saturated carbocycles. The highest BCUT2D eigenvalue weighted by Gasteiger charge is 2.71. The SMILES string of the molecule is CC(=O)O[C@H]1[C@H](O[C@H]2CC[C@@]3(C)C(CC[C@]4(C)[C@@H]3CC=C3[C@H]5CC(C)(C(=O)O)CC[C@]5(C(=O)O[C@H]5O[C@H](CO)[C@@H](O)[C@H](O[C@@H]6O[C@@H](C)[C@H](O)[C@@H](O)[C@H]6O)[C@H]5O[C@H]5O[C@H](CO)[C@@H](O)[C@H](O)[C@H]5O)CC[C@]34C)C2(C)C)OC[C@H](OC(C)=O)[C@@H]1O. The van der Waals surface area contributed by atoms with Gasteiger partial charge in [0.25, 0.3) is 0 Å². The molecule has 11 N–H and O–H groups in total. The Kier molecular flexibility index (Phi) is 18.0. The number of esters is 3. The van der Waals surface area contributed by atoms with Crippen molar-refractivity contribution in [1.29, 1.82) is 0 Å². The lowest BCUT2D eigenvalue weighted by atomic mass is 9.33. The molecule has 8 fully saturated rings. The maximum absolute atomic E-state index is 15.7. The summed E-state index contributed by atoms with van der Waals surface area (Å²) >= 11 is 0. The molecule has 2 unspecified atom stereocenters. The van der Waals surface area contributed by atoms with E-state index in [1.165, 1.54) is 20.8 Å². The molecule has 0 aromatic carbocycles. The molecule has 9 aliphatic rings. The zero-order chi connectivity index (χ0) is 60.1. The molecule has 4 heterocycles. The van der Waals surface area contributed by atoms with Crippen LogP contribution in [0.5, 0.6) is 0 Å². The van der Waals surface area contributed by atoms with Crippen LogP contribution in [0.2, 0.25) is 0 Å². The molecule has 0 bridgehead atoms. The molecule has 82 heavy (non-hydrogen) atoms. The predicted octanol–water partition coefficient (Wildman–Crippen LogP) is -0.162. The molecular formula is C57H88O25. The first-order chi connectivity index (χ1) is 38.3. The highest BCUT2D eigenvalue weighted by molar-refractivity contribution is 5.81. The summed E-state index contributed by atoms with van der Waals surface area (Å²) in [6, 6.07) is 0. The summed E-state index contributed by atoms with van der Waals surface area (Å²) in [5.41, 5.74) is -3.44. The monoisotopic (exact) mass is 1170 g/mol. The number of allylic oxidation sites excluding steroid dienone is 2. The molecule has 0 aromatic rings. The highest BCUT2D eigenvalue weighted by Crippen LogP contribution is 2.76. The van der Waals surface area contributed by atoms with Crippen LogP contribution in [0.25, 0.3) is 0 Å². The highest BCUT2D eigenvalue weighted by atomic mass is 16.8. The predicted molar refractivity (Wildman–Crippen MR) is 276 cm³/mol. The first kappa shape index (κ1) is 63.4. The minimum atomic E-state index is -2.03. The zero-order valence-corrected chi connectivity index (χ0v) is 48.2. The molecule has 9 rings (SSSR count). The average molecular weight is 1170 g/mol. The van der Waals surface area contributed by atoms with E-state index in [1.807, 2.05) is 0 Å². The number of aliphatic hydroxyl groups is 10. The smallest absolute Gasteiger partial charge is 0.315 e. The van der Waals surface area contributed by atoms with Crippen molar-refractivity contribution in [3.63, 3.8) is 0 Å². The molecule has 0 radical (unpaired) electrons. The largest absolute Gasteiger partial charge is 0.481 e. The minimum Gasteiger partial charge on any atom is -0.481 e. The molecule has 0 aromatic heterocycles. The van der Waals surface area contributed by atoms with Gasteiger partial charge in [-0.25, -0.2) is 0 Å². The molecule has 25 heteroatoms. The molecule has 28 atom stereocenters. The van der Waals surface area contributed by atoms with Crippen molar-refractivity contribution in [3.8, 4) is 0 Å². The summed E-state index contributed by atoms with van der Waals surface area (Å²) in [4.78, 5) is 53.2. The number of carbonyl (C=O) groups excluding carboxylic acids is 3. The van der Waals surface area contributed by atoms with Crippen LogP contribution in [0, 0.1) is 50.2 Å². The fraction of sp³-hybridized carbons (Fsp3) is 0.895. The van der Waals surface area contributed by atoms with Gasteiger partial charge in [-0.3, -0.25) is 19.2 Å². The van der Waals surface area contributed by atoms with Crippen molar-refractivity contribution in [3.05, 3.63) is 11.6 Å². The van der Waals surface area contributed by atoms with E-state index in [4.69, 9.17) is 47.4 Å². The summed E-state index contributed by atoms with van der Waals surface area (Å²) in [5, 5.41) is 120. The molecule has 0 amide bonds. The summed E-state index contributed by atoms with van der Waals surface area (Å²) in [7, 11) is 0. The van der Waals surface area contributed by atoms with E-state index in [0.29, 0.717) is 19.3 Å². The van der Waals surface area contributed by atoms with Crippen molar-refractivity contribution in [2.24, 2.45) is 50.2 Å². The fourth-order valence-electron chi connectivity index (χ4n) is 16.8. The Labute approximate surface area is 476 Å². The third-order valence-electron chi connectivity index (χ3n) is 21.9. The van der Waals surface area contributed by atoms with E-state index in [0.717, 1.165) is 24.8 Å². The van der Waals surface area contributed by atoms with Crippen LogP contribution >= 0.6 is 0 Å². The number of aliphatic hydroxyl groups excluding tert-OH is 10. The van der Waals surface area contributed by atoms with E-state index in [9.17, 15) is 70.6 Å². The van der Waals surface area contributed by atoms with Gasteiger partial charge in [0, 0.05) is 13.8 Å². The van der Waals surface area contributed by atoms with Crippen LogP contribution in [-0.2, 0) is 66.5 Å². The second-order valence-corrected chi connectivity index (χ2v) is 26.7. The van der Waals surface area contributed by atoms with E-state index in [-0.39, 0.29) is 55.0 Å². The first-order valence-electron chi connectivity index (χ1n) is 29.0. The van der Waals surface area contributed by atoms with Gasteiger partial charge in [-0.1, -0.05) is 46.3 Å². The van der Waals surface area contributed by atoms with Gasteiger partial charge in [0.2, 0.25) is 6.29 Å². The maximum atomic E-state index is 15.7. The number of fused-ring (bicyclic) bond motifs is 7. The molecule has 4 aliphatic heterocycles. The minimum absolute atomic E-state index is 0.0583. The Hall–Kier alpha value is -3.06. The standard InChI is InChI=1S/C57H88O25/c1-24-35(62)39(66)41(68)46(74-24)80-43-37(64)30(22-59)78-49(45(43)81-47-42(69)40(67)36(63)29(21-58)77-47)82-51(72)57-18-16-53(6,50(70)71)20-28(57)27-10-11-33-54(7)14-13-34(52(4,5)32(54)12-15-56(33,9)55(27,8)17-19-57)79-48-44(76-26(3)61)38(65)31(23-73-48)75-25(2)60/h10,24,28-49,58-59,62-69H,11-23H2,1-9H3,(H,70,71)/t24-,28+,29+,30+,31-,32?,33+,34-,35-,36+,37+,38-,39+,40-,41+,42+,43-,44+,45+,46-,47+,48-,49+,53?,54-,55+,56+,57-/m0/s1. The van der Waals surface area contributed by atoms with E-state index < -0.39 is 187 Å². The lowest BCUT2D eigenvalue weighted by Crippen LogP contribution is -2.68. The molecule has 4 saturated heterocycles.